The minimum atomic E-state index is 0.417. The molecule has 0 bridgehead atoms. The highest BCUT2D eigenvalue weighted by Crippen LogP contribution is 2.09. The second kappa shape index (κ2) is 6.55. The first-order chi connectivity index (χ1) is 6.84. The first-order valence-electron chi connectivity index (χ1n) is 5.48. The predicted molar refractivity (Wildman–Crippen MR) is 60.2 cm³/mol. The lowest BCUT2D eigenvalue weighted by Gasteiger charge is -2.13. The van der Waals surface area contributed by atoms with Crippen LogP contribution in [0.1, 0.15) is 44.7 Å². The van der Waals surface area contributed by atoms with E-state index in [1.165, 1.54) is 24.8 Å². The molecule has 0 radical (unpaired) electrons. The maximum atomic E-state index is 4.11. The third-order valence-corrected chi connectivity index (χ3v) is 2.42. The van der Waals surface area contributed by atoms with Gasteiger partial charge in [-0.25, -0.2) is 0 Å². The maximum Gasteiger partial charge on any atom is 0.0315 e. The van der Waals surface area contributed by atoms with Gasteiger partial charge in [-0.15, -0.1) is 0 Å². The van der Waals surface area contributed by atoms with E-state index in [-0.39, 0.29) is 0 Å². The van der Waals surface area contributed by atoms with Gasteiger partial charge in [-0.1, -0.05) is 25.8 Å². The van der Waals surface area contributed by atoms with Crippen LogP contribution in [-0.4, -0.2) is 11.5 Å². The van der Waals surface area contributed by atoms with Gasteiger partial charge in [0.1, 0.15) is 0 Å². The van der Waals surface area contributed by atoms with Crippen LogP contribution in [0, 0.1) is 0 Å². The fraction of sp³-hybridized carbons (Fsp3) is 0.583. The Morgan fingerprint density at radius 2 is 2.29 bits per heavy atom. The van der Waals surface area contributed by atoms with E-state index >= 15 is 0 Å². The first kappa shape index (κ1) is 11.2. The molecular weight excluding hydrogens is 172 g/mol. The highest BCUT2D eigenvalue weighted by Gasteiger charge is 2.02. The Bertz CT molecular complexity index is 233. The van der Waals surface area contributed by atoms with Crippen LogP contribution in [0.3, 0.4) is 0 Å². The van der Waals surface area contributed by atoms with Crippen molar-refractivity contribution in [3.63, 3.8) is 0 Å². The summed E-state index contributed by atoms with van der Waals surface area (Å²) in [5.74, 6) is 0. The summed E-state index contributed by atoms with van der Waals surface area (Å²) in [7, 11) is 0. The van der Waals surface area contributed by atoms with E-state index in [4.69, 9.17) is 0 Å². The minimum absolute atomic E-state index is 0.417. The molecule has 0 saturated carbocycles. The van der Waals surface area contributed by atoms with Crippen molar-refractivity contribution in [2.45, 2.75) is 39.2 Å². The number of aromatic nitrogens is 1. The van der Waals surface area contributed by atoms with Gasteiger partial charge in [-0.05, 0) is 31.5 Å². The average Bonchev–Trinajstić information content (AvgIpc) is 2.25. The Kier molecular flexibility index (Phi) is 5.23. The first-order valence-corrected chi connectivity index (χ1v) is 5.48. The Hall–Kier alpha value is -0.890. The molecule has 1 aromatic rings. The van der Waals surface area contributed by atoms with Gasteiger partial charge < -0.3 is 5.32 Å². The molecule has 0 unspecified atom stereocenters. The molecule has 0 amide bonds. The maximum absolute atomic E-state index is 4.11. The van der Waals surface area contributed by atoms with Gasteiger partial charge in [-0.3, -0.25) is 4.98 Å². The highest BCUT2D eigenvalue weighted by atomic mass is 14.9. The van der Waals surface area contributed by atoms with Gasteiger partial charge in [0, 0.05) is 18.4 Å². The lowest BCUT2D eigenvalue weighted by Crippen LogP contribution is -2.19. The summed E-state index contributed by atoms with van der Waals surface area (Å²) >= 11 is 0. The van der Waals surface area contributed by atoms with E-state index in [0.717, 1.165) is 6.54 Å². The topological polar surface area (TPSA) is 24.9 Å². The van der Waals surface area contributed by atoms with E-state index < -0.39 is 0 Å². The molecule has 0 aliphatic carbocycles. The van der Waals surface area contributed by atoms with E-state index in [0.29, 0.717) is 6.04 Å². The molecule has 0 aliphatic rings. The molecule has 2 heteroatoms. The van der Waals surface area contributed by atoms with Crippen LogP contribution in [0.15, 0.2) is 24.5 Å². The predicted octanol–water partition coefficient (Wildman–Crippen LogP) is 2.92. The average molecular weight is 192 g/mol. The summed E-state index contributed by atoms with van der Waals surface area (Å²) in [6.07, 6.45) is 7.60. The van der Waals surface area contributed by atoms with Crippen molar-refractivity contribution in [1.82, 2.24) is 10.3 Å². The van der Waals surface area contributed by atoms with E-state index in [1.54, 1.807) is 0 Å². The molecule has 0 spiro atoms. The number of unbranched alkanes of at least 4 members (excludes halogenated alkanes) is 2. The Balaban J connectivity index is 2.25. The Labute approximate surface area is 86.8 Å². The molecule has 0 aliphatic heterocycles. The van der Waals surface area contributed by atoms with Crippen molar-refractivity contribution >= 4 is 0 Å². The molecule has 0 saturated heterocycles. The SMILES string of the molecule is CCCCCN[C@H](C)c1cccnc1. The Morgan fingerprint density at radius 3 is 2.93 bits per heavy atom. The van der Waals surface area contributed by atoms with Crippen LogP contribution in [-0.2, 0) is 0 Å². The van der Waals surface area contributed by atoms with Crippen molar-refractivity contribution in [3.05, 3.63) is 30.1 Å². The highest BCUT2D eigenvalue weighted by molar-refractivity contribution is 5.12. The molecule has 0 fully saturated rings. The summed E-state index contributed by atoms with van der Waals surface area (Å²) in [6.45, 7) is 5.51. The zero-order valence-electron chi connectivity index (χ0n) is 9.16. The van der Waals surface area contributed by atoms with Crippen LogP contribution in [0.5, 0.6) is 0 Å². The van der Waals surface area contributed by atoms with Gasteiger partial charge in [0.15, 0.2) is 0 Å². The van der Waals surface area contributed by atoms with E-state index in [1.807, 2.05) is 18.5 Å². The molecule has 14 heavy (non-hydrogen) atoms. The van der Waals surface area contributed by atoms with Crippen LogP contribution in [0.25, 0.3) is 0 Å². The molecule has 2 nitrogen and oxygen atoms in total. The van der Waals surface area contributed by atoms with Crippen molar-refractivity contribution < 1.29 is 0 Å². The molecule has 1 aromatic heterocycles. The summed E-state index contributed by atoms with van der Waals surface area (Å²) in [5, 5.41) is 3.49. The molecule has 1 N–H and O–H groups in total. The van der Waals surface area contributed by atoms with Gasteiger partial charge >= 0.3 is 0 Å². The molecule has 1 heterocycles. The summed E-state index contributed by atoms with van der Waals surface area (Å²) < 4.78 is 0. The number of nitrogens with zero attached hydrogens (tertiary/aromatic N) is 1. The van der Waals surface area contributed by atoms with Crippen molar-refractivity contribution in [1.29, 1.82) is 0 Å². The number of rotatable bonds is 6. The fourth-order valence-electron chi connectivity index (χ4n) is 1.44. The zero-order valence-corrected chi connectivity index (χ0v) is 9.16. The van der Waals surface area contributed by atoms with Crippen LogP contribution < -0.4 is 5.32 Å². The third kappa shape index (κ3) is 3.88. The van der Waals surface area contributed by atoms with Gasteiger partial charge in [0.25, 0.3) is 0 Å². The molecule has 78 valence electrons. The molecule has 0 aromatic carbocycles. The summed E-state index contributed by atoms with van der Waals surface area (Å²) in [5.41, 5.74) is 1.27. The standard InChI is InChI=1S/C12H20N2/c1-3-4-5-9-14-11(2)12-7-6-8-13-10-12/h6-8,10-11,14H,3-5,9H2,1-2H3/t11-/m1/s1. The Morgan fingerprint density at radius 1 is 1.43 bits per heavy atom. The normalized spacial score (nSPS) is 12.7. The summed E-state index contributed by atoms with van der Waals surface area (Å²) in [4.78, 5) is 4.11. The number of hydrogen-bond acceptors (Lipinski definition) is 2. The van der Waals surface area contributed by atoms with Crippen LogP contribution >= 0.6 is 0 Å². The quantitative estimate of drug-likeness (QED) is 0.701. The number of nitrogens with one attached hydrogen (secondary N) is 1. The molecule has 1 atom stereocenters. The molecular formula is C12H20N2. The summed E-state index contributed by atoms with van der Waals surface area (Å²) in [6, 6.07) is 4.52. The zero-order chi connectivity index (χ0) is 10.2. The van der Waals surface area contributed by atoms with E-state index in [9.17, 15) is 0 Å². The smallest absolute Gasteiger partial charge is 0.0315 e. The second-order valence-electron chi connectivity index (χ2n) is 3.67. The second-order valence-corrected chi connectivity index (χ2v) is 3.67. The third-order valence-electron chi connectivity index (χ3n) is 2.42. The monoisotopic (exact) mass is 192 g/mol. The lowest BCUT2D eigenvalue weighted by atomic mass is 10.1. The lowest BCUT2D eigenvalue weighted by molar-refractivity contribution is 0.543. The van der Waals surface area contributed by atoms with E-state index in [2.05, 4.69) is 30.2 Å². The minimum Gasteiger partial charge on any atom is -0.310 e. The largest absolute Gasteiger partial charge is 0.310 e. The van der Waals surface area contributed by atoms with Crippen molar-refractivity contribution in [3.8, 4) is 0 Å². The fourth-order valence-corrected chi connectivity index (χ4v) is 1.44. The van der Waals surface area contributed by atoms with Gasteiger partial charge in [0.2, 0.25) is 0 Å². The van der Waals surface area contributed by atoms with Crippen LogP contribution in [0.4, 0.5) is 0 Å². The van der Waals surface area contributed by atoms with Crippen molar-refractivity contribution in [2.24, 2.45) is 0 Å². The van der Waals surface area contributed by atoms with Crippen LogP contribution in [0.2, 0.25) is 0 Å². The number of pyridine rings is 1. The van der Waals surface area contributed by atoms with Gasteiger partial charge in [-0.2, -0.15) is 0 Å². The number of hydrogen-bond donors (Lipinski definition) is 1. The van der Waals surface area contributed by atoms with Crippen molar-refractivity contribution in [2.75, 3.05) is 6.54 Å². The molecule has 1 rings (SSSR count). The van der Waals surface area contributed by atoms with Gasteiger partial charge in [0.05, 0.1) is 0 Å².